The number of aromatic nitrogens is 1. The molecule has 1 saturated carbocycles. The van der Waals surface area contributed by atoms with E-state index in [9.17, 15) is 31.1 Å². The minimum atomic E-state index is -4.81. The zero-order valence-electron chi connectivity index (χ0n) is 21.2. The molecule has 0 aliphatic heterocycles. The second kappa shape index (κ2) is 11.8. The molecule has 1 unspecified atom stereocenters. The summed E-state index contributed by atoms with van der Waals surface area (Å²) in [7, 11) is 0. The van der Waals surface area contributed by atoms with Gasteiger partial charge in [0.1, 0.15) is 0 Å². The number of pyridine rings is 1. The van der Waals surface area contributed by atoms with Crippen LogP contribution in [0.15, 0.2) is 60.8 Å². The fourth-order valence-corrected chi connectivity index (χ4v) is 4.76. The molecule has 0 radical (unpaired) electrons. The Morgan fingerprint density at radius 3 is 2.25 bits per heavy atom. The predicted molar refractivity (Wildman–Crippen MR) is 142 cm³/mol. The van der Waals surface area contributed by atoms with E-state index in [0.29, 0.717) is 24.1 Å². The molecule has 1 heterocycles. The number of hydrogen-bond acceptors (Lipinski definition) is 2. The molecule has 1 atom stereocenters. The standard InChI is InChI=1S/C29H24Cl2F6N2O/c1-17-25(30)13-21(14-26(17)31)23(28(32,33)34)10-6-18-5-7-20(24(12-18)29(35,36)37)15-39(27(40)19-8-9-19)16-22-4-2-3-11-38-22/h2-7,10-14,19,23H,8-9,15-16H2,1H3/b10-6+. The van der Waals surface area contributed by atoms with Crippen LogP contribution in [0.3, 0.4) is 0 Å². The van der Waals surface area contributed by atoms with Gasteiger partial charge in [0.2, 0.25) is 5.91 Å². The third kappa shape index (κ3) is 7.37. The van der Waals surface area contributed by atoms with Crippen LogP contribution < -0.4 is 0 Å². The summed E-state index contributed by atoms with van der Waals surface area (Å²) in [6.45, 7) is 1.27. The molecule has 0 N–H and O–H groups in total. The van der Waals surface area contributed by atoms with Crippen LogP contribution in [-0.4, -0.2) is 22.0 Å². The Morgan fingerprint density at radius 1 is 1.02 bits per heavy atom. The van der Waals surface area contributed by atoms with E-state index in [0.717, 1.165) is 30.4 Å². The van der Waals surface area contributed by atoms with E-state index < -0.39 is 23.8 Å². The van der Waals surface area contributed by atoms with Gasteiger partial charge < -0.3 is 4.90 Å². The zero-order chi connectivity index (χ0) is 29.2. The van der Waals surface area contributed by atoms with Gasteiger partial charge >= 0.3 is 12.4 Å². The summed E-state index contributed by atoms with van der Waals surface area (Å²) in [5.41, 5.74) is -0.577. The van der Waals surface area contributed by atoms with E-state index in [1.807, 2.05) is 0 Å². The Balaban J connectivity index is 1.66. The number of carbonyl (C=O) groups excluding carboxylic acids is 1. The smallest absolute Gasteiger partial charge is 0.332 e. The monoisotopic (exact) mass is 600 g/mol. The summed E-state index contributed by atoms with van der Waals surface area (Å²) < 4.78 is 84.1. The molecule has 212 valence electrons. The minimum absolute atomic E-state index is 0.0318. The van der Waals surface area contributed by atoms with Crippen LogP contribution in [0.2, 0.25) is 10.0 Å². The number of amides is 1. The van der Waals surface area contributed by atoms with Crippen molar-refractivity contribution in [3.63, 3.8) is 0 Å². The second-order valence-electron chi connectivity index (χ2n) is 9.69. The van der Waals surface area contributed by atoms with E-state index >= 15 is 0 Å². The van der Waals surface area contributed by atoms with Gasteiger partial charge in [-0.1, -0.05) is 53.6 Å². The molecule has 0 bridgehead atoms. The maximum atomic E-state index is 14.1. The largest absolute Gasteiger partial charge is 0.416 e. The zero-order valence-corrected chi connectivity index (χ0v) is 22.7. The highest BCUT2D eigenvalue weighted by Gasteiger charge is 2.40. The lowest BCUT2D eigenvalue weighted by molar-refractivity contribution is -0.140. The molecular formula is C29H24Cl2F6N2O. The Kier molecular flexibility index (Phi) is 8.85. The summed E-state index contributed by atoms with van der Waals surface area (Å²) >= 11 is 12.0. The highest BCUT2D eigenvalue weighted by atomic mass is 35.5. The van der Waals surface area contributed by atoms with Gasteiger partial charge in [-0.2, -0.15) is 26.3 Å². The lowest BCUT2D eigenvalue weighted by Crippen LogP contribution is -2.32. The fourth-order valence-electron chi connectivity index (χ4n) is 4.25. The van der Waals surface area contributed by atoms with E-state index in [4.69, 9.17) is 23.2 Å². The topological polar surface area (TPSA) is 33.2 Å². The van der Waals surface area contributed by atoms with E-state index in [1.54, 1.807) is 25.1 Å². The first-order chi connectivity index (χ1) is 18.7. The number of allylic oxidation sites excluding steroid dienone is 1. The number of nitrogens with zero attached hydrogens (tertiary/aromatic N) is 2. The maximum Gasteiger partial charge on any atom is 0.416 e. The fraction of sp³-hybridized carbons (Fsp3) is 0.310. The minimum Gasteiger partial charge on any atom is -0.332 e. The van der Waals surface area contributed by atoms with Crippen molar-refractivity contribution in [2.75, 3.05) is 0 Å². The van der Waals surface area contributed by atoms with Crippen LogP contribution >= 0.6 is 23.2 Å². The van der Waals surface area contributed by atoms with Crippen molar-refractivity contribution in [3.8, 4) is 0 Å². The Hall–Kier alpha value is -3.04. The molecule has 1 amide bonds. The molecule has 0 spiro atoms. The van der Waals surface area contributed by atoms with Crippen molar-refractivity contribution in [3.05, 3.63) is 104 Å². The van der Waals surface area contributed by atoms with Crippen molar-refractivity contribution < 1.29 is 31.1 Å². The SMILES string of the molecule is Cc1c(Cl)cc(C(/C=C/c2ccc(CN(Cc3ccccn3)C(=O)C3CC3)c(C(F)(F)F)c2)C(F)(F)F)cc1Cl. The van der Waals surface area contributed by atoms with Crippen molar-refractivity contribution in [2.24, 2.45) is 5.92 Å². The highest BCUT2D eigenvalue weighted by Crippen LogP contribution is 2.40. The van der Waals surface area contributed by atoms with Gasteiger partial charge in [0.05, 0.1) is 23.7 Å². The van der Waals surface area contributed by atoms with Gasteiger partial charge in [-0.3, -0.25) is 9.78 Å². The highest BCUT2D eigenvalue weighted by molar-refractivity contribution is 6.36. The van der Waals surface area contributed by atoms with Gasteiger partial charge in [-0.25, -0.2) is 0 Å². The number of benzene rings is 2. The van der Waals surface area contributed by atoms with Gasteiger partial charge in [0.25, 0.3) is 0 Å². The van der Waals surface area contributed by atoms with E-state index in [2.05, 4.69) is 4.98 Å². The molecule has 0 saturated heterocycles. The third-order valence-electron chi connectivity index (χ3n) is 6.61. The van der Waals surface area contributed by atoms with Gasteiger partial charge in [0.15, 0.2) is 0 Å². The lowest BCUT2D eigenvalue weighted by atomic mass is 9.95. The van der Waals surface area contributed by atoms with Gasteiger partial charge in [-0.05, 0) is 72.4 Å². The summed E-state index contributed by atoms with van der Waals surface area (Å²) in [6.07, 6.45) is -4.92. The van der Waals surface area contributed by atoms with Crippen LogP contribution in [0.5, 0.6) is 0 Å². The number of rotatable bonds is 8. The molecule has 1 aliphatic rings. The molecule has 4 rings (SSSR count). The van der Waals surface area contributed by atoms with E-state index in [-0.39, 0.29) is 51.7 Å². The van der Waals surface area contributed by atoms with Crippen molar-refractivity contribution in [1.29, 1.82) is 0 Å². The Bertz CT molecular complexity index is 1380. The number of carbonyl (C=O) groups is 1. The first-order valence-corrected chi connectivity index (χ1v) is 13.1. The van der Waals surface area contributed by atoms with Crippen molar-refractivity contribution in [1.82, 2.24) is 9.88 Å². The average molecular weight is 601 g/mol. The quantitative estimate of drug-likeness (QED) is 0.242. The van der Waals surface area contributed by atoms with Gasteiger partial charge in [-0.15, -0.1) is 0 Å². The van der Waals surface area contributed by atoms with E-state index in [1.165, 1.54) is 23.2 Å². The molecule has 40 heavy (non-hydrogen) atoms. The number of halogens is 8. The summed E-state index contributed by atoms with van der Waals surface area (Å²) in [4.78, 5) is 18.4. The molecule has 3 aromatic rings. The Morgan fingerprint density at radius 2 is 1.70 bits per heavy atom. The van der Waals surface area contributed by atoms with Crippen molar-refractivity contribution in [2.45, 2.75) is 51.1 Å². The average Bonchev–Trinajstić information content (AvgIpc) is 3.72. The molecule has 1 aromatic heterocycles. The summed E-state index contributed by atoms with van der Waals surface area (Å²) in [5.74, 6) is -2.64. The molecule has 2 aromatic carbocycles. The number of hydrogen-bond donors (Lipinski definition) is 0. The molecular weight excluding hydrogens is 577 g/mol. The first-order valence-electron chi connectivity index (χ1n) is 12.3. The molecule has 1 fully saturated rings. The lowest BCUT2D eigenvalue weighted by Gasteiger charge is -2.25. The first kappa shape index (κ1) is 29.9. The summed E-state index contributed by atoms with van der Waals surface area (Å²) in [5, 5.41) is 0.0923. The van der Waals surface area contributed by atoms with Crippen LogP contribution in [0, 0.1) is 12.8 Å². The normalized spacial score (nSPS) is 14.9. The third-order valence-corrected chi connectivity index (χ3v) is 7.40. The van der Waals surface area contributed by atoms with Crippen LogP contribution in [0.25, 0.3) is 6.08 Å². The van der Waals surface area contributed by atoms with Crippen LogP contribution in [-0.2, 0) is 24.1 Å². The number of alkyl halides is 6. The van der Waals surface area contributed by atoms with Crippen LogP contribution in [0.4, 0.5) is 26.3 Å². The van der Waals surface area contributed by atoms with Crippen molar-refractivity contribution >= 4 is 35.2 Å². The molecule has 3 nitrogen and oxygen atoms in total. The molecule has 1 aliphatic carbocycles. The van der Waals surface area contributed by atoms with Gasteiger partial charge in [0, 0.05) is 28.7 Å². The summed E-state index contributed by atoms with van der Waals surface area (Å²) in [6, 6.07) is 10.6. The Labute approximate surface area is 237 Å². The molecule has 11 heteroatoms. The predicted octanol–water partition coefficient (Wildman–Crippen LogP) is 9.01. The second-order valence-corrected chi connectivity index (χ2v) is 10.5. The van der Waals surface area contributed by atoms with Crippen LogP contribution in [0.1, 0.15) is 52.3 Å². The maximum absolute atomic E-state index is 14.1.